The minimum atomic E-state index is -3.61. The summed E-state index contributed by atoms with van der Waals surface area (Å²) >= 11 is 0. The standard InChI is InChI=1S/C26H28N2O7S/c1-17-13-22(18(2)28(17)14-20-15-33-24-7-5-6-8-25(24)35-20)23(29)16-34-26(30)19-9-11-21(12-10-19)36(31,32)27(3)4/h5-13,20H,14-16H2,1-4H3. The molecule has 1 atom stereocenters. The van der Waals surface area contributed by atoms with Gasteiger partial charge in [-0.05, 0) is 56.3 Å². The molecule has 3 aromatic rings. The summed E-state index contributed by atoms with van der Waals surface area (Å²) < 4.78 is 44.5. The molecule has 0 N–H and O–H groups in total. The smallest absolute Gasteiger partial charge is 0.338 e. The molecule has 4 rings (SSSR count). The van der Waals surface area contributed by atoms with Crippen molar-refractivity contribution in [1.82, 2.24) is 8.87 Å². The molecular weight excluding hydrogens is 484 g/mol. The zero-order valence-electron chi connectivity index (χ0n) is 20.6. The number of hydrogen-bond acceptors (Lipinski definition) is 7. The number of Topliss-reactive ketones (excluding diaryl/α,β-unsaturated/α-hetero) is 1. The van der Waals surface area contributed by atoms with Crippen LogP contribution in [-0.4, -0.2) is 62.5 Å². The van der Waals surface area contributed by atoms with Crippen LogP contribution in [0.4, 0.5) is 0 Å². The molecule has 10 heteroatoms. The van der Waals surface area contributed by atoms with Gasteiger partial charge in [-0.1, -0.05) is 12.1 Å². The largest absolute Gasteiger partial charge is 0.486 e. The summed E-state index contributed by atoms with van der Waals surface area (Å²) in [5.74, 6) is 0.353. The van der Waals surface area contributed by atoms with Gasteiger partial charge in [0.15, 0.2) is 24.2 Å². The monoisotopic (exact) mass is 512 g/mol. The topological polar surface area (TPSA) is 104 Å². The number of carbonyl (C=O) groups is 2. The van der Waals surface area contributed by atoms with Crippen LogP contribution < -0.4 is 9.47 Å². The maximum absolute atomic E-state index is 12.9. The maximum Gasteiger partial charge on any atom is 0.338 e. The average Bonchev–Trinajstić information content (AvgIpc) is 3.15. The summed E-state index contributed by atoms with van der Waals surface area (Å²) in [4.78, 5) is 25.3. The highest BCUT2D eigenvalue weighted by molar-refractivity contribution is 7.89. The van der Waals surface area contributed by atoms with E-state index < -0.39 is 22.6 Å². The molecule has 2 heterocycles. The lowest BCUT2D eigenvalue weighted by atomic mass is 10.1. The van der Waals surface area contributed by atoms with Gasteiger partial charge >= 0.3 is 5.97 Å². The summed E-state index contributed by atoms with van der Waals surface area (Å²) in [7, 11) is -0.754. The van der Waals surface area contributed by atoms with Crippen LogP contribution in [0.2, 0.25) is 0 Å². The van der Waals surface area contributed by atoms with Crippen molar-refractivity contribution < 1.29 is 32.2 Å². The maximum atomic E-state index is 12.9. The molecule has 1 aliphatic heterocycles. The lowest BCUT2D eigenvalue weighted by Crippen LogP contribution is -2.33. The van der Waals surface area contributed by atoms with E-state index in [2.05, 4.69) is 0 Å². The van der Waals surface area contributed by atoms with Crippen molar-refractivity contribution >= 4 is 21.8 Å². The molecule has 0 saturated heterocycles. The molecule has 1 aromatic heterocycles. The second-order valence-corrected chi connectivity index (χ2v) is 10.9. The van der Waals surface area contributed by atoms with Crippen LogP contribution in [0, 0.1) is 13.8 Å². The van der Waals surface area contributed by atoms with Crippen LogP contribution in [0.5, 0.6) is 11.5 Å². The zero-order valence-corrected chi connectivity index (χ0v) is 21.4. The van der Waals surface area contributed by atoms with Gasteiger partial charge in [0.2, 0.25) is 15.8 Å². The van der Waals surface area contributed by atoms with Crippen molar-refractivity contribution in [2.75, 3.05) is 27.3 Å². The number of ketones is 1. The molecule has 0 saturated carbocycles. The third-order valence-electron chi connectivity index (χ3n) is 6.03. The Balaban J connectivity index is 1.39. The van der Waals surface area contributed by atoms with E-state index in [4.69, 9.17) is 14.2 Å². The molecule has 0 aliphatic carbocycles. The molecule has 9 nitrogen and oxygen atoms in total. The molecule has 0 spiro atoms. The molecule has 0 radical (unpaired) electrons. The van der Waals surface area contributed by atoms with Crippen LogP contribution >= 0.6 is 0 Å². The lowest BCUT2D eigenvalue weighted by molar-refractivity contribution is 0.0474. The first-order valence-corrected chi connectivity index (χ1v) is 12.8. The first-order chi connectivity index (χ1) is 17.1. The predicted octanol–water partition coefficient (Wildman–Crippen LogP) is 3.23. The van der Waals surface area contributed by atoms with Gasteiger partial charge in [0.1, 0.15) is 6.61 Å². The van der Waals surface area contributed by atoms with Crippen molar-refractivity contribution in [2.45, 2.75) is 31.4 Å². The Bertz CT molecular complexity index is 1390. The quantitative estimate of drug-likeness (QED) is 0.337. The number of para-hydroxylation sites is 2. The first-order valence-electron chi connectivity index (χ1n) is 11.4. The van der Waals surface area contributed by atoms with Crippen LogP contribution in [0.1, 0.15) is 32.1 Å². The van der Waals surface area contributed by atoms with Gasteiger partial charge in [0.05, 0.1) is 17.0 Å². The van der Waals surface area contributed by atoms with Crippen molar-refractivity contribution in [3.63, 3.8) is 0 Å². The van der Waals surface area contributed by atoms with Crippen molar-refractivity contribution in [2.24, 2.45) is 0 Å². The molecule has 2 aromatic carbocycles. The number of rotatable bonds is 8. The van der Waals surface area contributed by atoms with Crippen LogP contribution in [0.25, 0.3) is 0 Å². The fourth-order valence-corrected chi connectivity index (χ4v) is 4.89. The van der Waals surface area contributed by atoms with Crippen LogP contribution in [0.15, 0.2) is 59.5 Å². The van der Waals surface area contributed by atoms with E-state index in [1.165, 1.54) is 38.4 Å². The number of fused-ring (bicyclic) bond motifs is 1. The molecule has 1 unspecified atom stereocenters. The fourth-order valence-electron chi connectivity index (χ4n) is 3.99. The molecule has 36 heavy (non-hydrogen) atoms. The second kappa shape index (κ2) is 10.2. The van der Waals surface area contributed by atoms with Gasteiger partial charge in [0, 0.05) is 31.0 Å². The van der Waals surface area contributed by atoms with Crippen molar-refractivity contribution in [3.8, 4) is 11.5 Å². The highest BCUT2D eigenvalue weighted by Crippen LogP contribution is 2.31. The third-order valence-corrected chi connectivity index (χ3v) is 7.86. The number of hydrogen-bond donors (Lipinski definition) is 0. The Morgan fingerprint density at radius 1 is 1.06 bits per heavy atom. The van der Waals surface area contributed by atoms with Gasteiger partial charge in [0.25, 0.3) is 0 Å². The number of benzene rings is 2. The molecular formula is C26H28N2O7S. The van der Waals surface area contributed by atoms with Gasteiger partial charge < -0.3 is 18.8 Å². The summed E-state index contributed by atoms with van der Waals surface area (Å²) in [6.45, 7) is 4.20. The Morgan fingerprint density at radius 3 is 2.39 bits per heavy atom. The number of esters is 1. The van der Waals surface area contributed by atoms with Crippen LogP contribution in [0.3, 0.4) is 0 Å². The van der Waals surface area contributed by atoms with Gasteiger partial charge in [-0.2, -0.15) is 0 Å². The number of carbonyl (C=O) groups excluding carboxylic acids is 2. The second-order valence-electron chi connectivity index (χ2n) is 8.70. The Hall–Kier alpha value is -3.63. The number of aryl methyl sites for hydroxylation is 1. The zero-order chi connectivity index (χ0) is 26.0. The molecule has 1 aliphatic rings. The number of ether oxygens (including phenoxy) is 3. The average molecular weight is 513 g/mol. The number of sulfonamides is 1. The highest BCUT2D eigenvalue weighted by Gasteiger charge is 2.24. The molecule has 0 amide bonds. The third kappa shape index (κ3) is 5.14. The molecule has 0 fully saturated rings. The highest BCUT2D eigenvalue weighted by atomic mass is 32.2. The van der Waals surface area contributed by atoms with Crippen LogP contribution in [-0.2, 0) is 21.3 Å². The van der Waals surface area contributed by atoms with E-state index in [0.717, 1.165) is 15.7 Å². The van der Waals surface area contributed by atoms with E-state index in [1.807, 2.05) is 42.7 Å². The molecule has 190 valence electrons. The van der Waals surface area contributed by atoms with Gasteiger partial charge in [-0.3, -0.25) is 4.79 Å². The summed E-state index contributed by atoms with van der Waals surface area (Å²) in [5.41, 5.74) is 2.24. The van der Waals surface area contributed by atoms with E-state index in [-0.39, 0.29) is 22.3 Å². The fraction of sp³-hybridized carbons (Fsp3) is 0.308. The van der Waals surface area contributed by atoms with E-state index >= 15 is 0 Å². The summed E-state index contributed by atoms with van der Waals surface area (Å²) in [5, 5.41) is 0. The van der Waals surface area contributed by atoms with Gasteiger partial charge in [-0.25, -0.2) is 17.5 Å². The summed E-state index contributed by atoms with van der Waals surface area (Å²) in [6, 6.07) is 14.6. The molecule has 0 bridgehead atoms. The normalized spacial score (nSPS) is 15.1. The van der Waals surface area contributed by atoms with Crippen molar-refractivity contribution in [3.05, 3.63) is 77.1 Å². The summed E-state index contributed by atoms with van der Waals surface area (Å²) in [6.07, 6.45) is -0.218. The minimum absolute atomic E-state index is 0.0587. The lowest BCUT2D eigenvalue weighted by Gasteiger charge is -2.27. The van der Waals surface area contributed by atoms with Gasteiger partial charge in [-0.15, -0.1) is 0 Å². The van der Waals surface area contributed by atoms with E-state index in [9.17, 15) is 18.0 Å². The number of nitrogens with zero attached hydrogens (tertiary/aromatic N) is 2. The first kappa shape index (κ1) is 25.5. The Morgan fingerprint density at radius 2 is 1.72 bits per heavy atom. The Labute approximate surface area is 210 Å². The Kier molecular flexibility index (Phi) is 7.18. The SMILES string of the molecule is Cc1cc(C(=O)COC(=O)c2ccc(S(=O)(=O)N(C)C)cc2)c(C)n1CC1COc2ccccc2O1. The van der Waals surface area contributed by atoms with E-state index in [0.29, 0.717) is 30.2 Å². The minimum Gasteiger partial charge on any atom is -0.486 e. The van der Waals surface area contributed by atoms with Crippen molar-refractivity contribution in [1.29, 1.82) is 0 Å². The van der Waals surface area contributed by atoms with E-state index in [1.54, 1.807) is 6.07 Å². The predicted molar refractivity (Wildman–Crippen MR) is 132 cm³/mol. The number of aromatic nitrogens is 1.